The monoisotopic (exact) mass is 55.1 g/mol. The molecule has 0 saturated heterocycles. The van der Waals surface area contributed by atoms with Crippen molar-refractivity contribution in [2.45, 2.75) is 0 Å². The molecule has 0 spiro atoms. The third kappa shape index (κ3) is 55.0. The van der Waals surface area contributed by atoms with Gasteiger partial charge in [-0.05, 0) is 0 Å². The predicted octanol–water partition coefficient (Wildman–Crippen LogP) is -4.58. The Morgan fingerprint density at radius 2 is 0.200 bits per heavy atom. The number of rotatable bonds is 0. The first-order chi connectivity index (χ1) is 0. The van der Waals surface area contributed by atoms with Gasteiger partial charge in [0, 0.05) is 0 Å². The summed E-state index contributed by atoms with van der Waals surface area (Å²) in [6, 6.07) is 0. The van der Waals surface area contributed by atoms with Crippen molar-refractivity contribution in [1.82, 2.24) is 0 Å². The fourth-order valence-electron chi connectivity index (χ4n) is 0. The second-order valence-electron chi connectivity index (χ2n) is 0. The Bertz CT molecular complexity index is 0. The first kappa shape index (κ1) is 192. The van der Waals surface area contributed by atoms with Crippen molar-refractivity contribution in [3.05, 3.63) is 0 Å². The summed E-state index contributed by atoms with van der Waals surface area (Å²) >= 11 is 0. The van der Waals surface area contributed by atoms with Gasteiger partial charge in [0.05, 0.1) is 0 Å². The molecule has 0 nitrogen and oxygen atoms in total. The Balaban J connectivity index is 0. The van der Waals surface area contributed by atoms with Crippen LogP contribution in [-0.4, -0.2) is 50.6 Å². The van der Waals surface area contributed by atoms with Crippen LogP contribution in [0.15, 0.2) is 0 Å². The SMILES string of the molecule is [BeH2].[BeH2].[BeH2].[BeH2].[BeH2]. The standard InChI is InChI=1S/5Be.10H. The Labute approximate surface area is 51.2 Å². The summed E-state index contributed by atoms with van der Waals surface area (Å²) in [5.41, 5.74) is 0. The number of hydrogen-bond donors (Lipinski definition) is 0. The molecule has 0 aliphatic rings. The zero-order valence-corrected chi connectivity index (χ0v) is 0. The van der Waals surface area contributed by atoms with Gasteiger partial charge in [-0.15, -0.1) is 0 Å². The van der Waals surface area contributed by atoms with Gasteiger partial charge in [0.2, 0.25) is 0 Å². The molecule has 0 saturated carbocycles. The molecule has 0 aromatic heterocycles. The van der Waals surface area contributed by atoms with E-state index >= 15 is 0 Å². The Kier molecular flexibility index (Phi) is 3870. The Morgan fingerprint density at radius 1 is 0.200 bits per heavy atom. The van der Waals surface area contributed by atoms with Crippen LogP contribution in [0.3, 0.4) is 0 Å². The van der Waals surface area contributed by atoms with Crippen molar-refractivity contribution in [1.29, 1.82) is 0 Å². The van der Waals surface area contributed by atoms with E-state index in [9.17, 15) is 0 Å². The van der Waals surface area contributed by atoms with E-state index in [1.807, 2.05) is 0 Å². The van der Waals surface area contributed by atoms with Crippen LogP contribution in [0.1, 0.15) is 0 Å². The van der Waals surface area contributed by atoms with E-state index in [-0.39, 0.29) is 50.6 Å². The third-order valence-electron chi connectivity index (χ3n) is 0. The molecule has 0 atom stereocenters. The van der Waals surface area contributed by atoms with Crippen LogP contribution in [0.5, 0.6) is 0 Å². The molecule has 0 fully saturated rings. The molecule has 0 heterocycles. The summed E-state index contributed by atoms with van der Waals surface area (Å²) in [5, 5.41) is 0. The van der Waals surface area contributed by atoms with E-state index < -0.39 is 0 Å². The van der Waals surface area contributed by atoms with Crippen LogP contribution in [0.4, 0.5) is 0 Å². The van der Waals surface area contributed by atoms with Gasteiger partial charge in [-0.25, -0.2) is 0 Å². The van der Waals surface area contributed by atoms with Crippen molar-refractivity contribution >= 4 is 50.6 Å². The fourth-order valence-corrected chi connectivity index (χ4v) is 0. The average Bonchev–Trinajstić information content (AvgIpc) is 0. The van der Waals surface area contributed by atoms with E-state index in [1.165, 1.54) is 0 Å². The summed E-state index contributed by atoms with van der Waals surface area (Å²) < 4.78 is 0. The van der Waals surface area contributed by atoms with Crippen LogP contribution >= 0.6 is 0 Å². The van der Waals surface area contributed by atoms with Gasteiger partial charge in [-0.1, -0.05) is 0 Å². The van der Waals surface area contributed by atoms with Crippen LogP contribution < -0.4 is 0 Å². The first-order valence-corrected chi connectivity index (χ1v) is 0. The minimum atomic E-state index is 0. The van der Waals surface area contributed by atoms with Crippen LogP contribution in [0.2, 0.25) is 0 Å². The Hall–Kier alpha value is 0.844. The quantitative estimate of drug-likeness (QED) is 0.245. The van der Waals surface area contributed by atoms with E-state index in [4.69, 9.17) is 0 Å². The molecule has 0 N–H and O–H groups in total. The van der Waals surface area contributed by atoms with Crippen molar-refractivity contribution in [3.8, 4) is 0 Å². The molecule has 0 aromatic carbocycles. The average molecular weight is 55.1 g/mol. The van der Waals surface area contributed by atoms with Crippen molar-refractivity contribution in [2.24, 2.45) is 0 Å². The molecule has 0 aliphatic carbocycles. The zero-order chi connectivity index (χ0) is 0. The molecule has 0 bridgehead atoms. The van der Waals surface area contributed by atoms with Crippen molar-refractivity contribution < 1.29 is 0 Å². The van der Waals surface area contributed by atoms with Gasteiger partial charge in [0.1, 0.15) is 0 Å². The van der Waals surface area contributed by atoms with Gasteiger partial charge >= 0.3 is 50.6 Å². The van der Waals surface area contributed by atoms with E-state index in [0.717, 1.165) is 0 Å². The van der Waals surface area contributed by atoms with E-state index in [2.05, 4.69) is 0 Å². The maximum atomic E-state index is 0. The third-order valence-corrected chi connectivity index (χ3v) is 0. The van der Waals surface area contributed by atoms with Crippen molar-refractivity contribution in [3.63, 3.8) is 0 Å². The van der Waals surface area contributed by atoms with Gasteiger partial charge in [0.25, 0.3) is 0 Å². The second-order valence-corrected chi connectivity index (χ2v) is 0. The molecule has 0 unspecified atom stereocenters. The van der Waals surface area contributed by atoms with Gasteiger partial charge < -0.3 is 0 Å². The molecule has 0 radical (unpaired) electrons. The second kappa shape index (κ2) is 100. The summed E-state index contributed by atoms with van der Waals surface area (Å²) in [4.78, 5) is 0. The summed E-state index contributed by atoms with van der Waals surface area (Å²) in [7, 11) is 0. The maximum absolute atomic E-state index is 0. The molecule has 0 rings (SSSR count). The first-order valence-electron chi connectivity index (χ1n) is 0. The summed E-state index contributed by atoms with van der Waals surface area (Å²) in [5.74, 6) is 0. The van der Waals surface area contributed by atoms with Crippen molar-refractivity contribution in [2.75, 3.05) is 0 Å². The number of hydrogen-bond acceptors (Lipinski definition) is 0. The molecule has 0 amide bonds. The molecule has 0 aliphatic heterocycles. The Morgan fingerprint density at radius 3 is 0.200 bits per heavy atom. The predicted molar refractivity (Wildman–Crippen MR) is 42.7 cm³/mol. The molecular weight excluding hydrogens is 45.1 g/mol. The molecule has 0 aromatic rings. The van der Waals surface area contributed by atoms with E-state index in [0.29, 0.717) is 0 Å². The zero-order valence-electron chi connectivity index (χ0n) is 0. The van der Waals surface area contributed by atoms with Gasteiger partial charge in [0.15, 0.2) is 0 Å². The normalized spacial score (nSPS) is 0. The fraction of sp³-hybridized carbons (Fsp3) is 0. The van der Waals surface area contributed by atoms with Gasteiger partial charge in [-0.3, -0.25) is 0 Å². The molecule has 20 valence electrons. The summed E-state index contributed by atoms with van der Waals surface area (Å²) in [6.07, 6.45) is 0. The molecular formula is H10Be5. The minimum absolute atomic E-state index is 0. The van der Waals surface area contributed by atoms with Crippen LogP contribution in [0.25, 0.3) is 0 Å². The van der Waals surface area contributed by atoms with Crippen LogP contribution in [-0.2, 0) is 0 Å². The topological polar surface area (TPSA) is 0 Å². The van der Waals surface area contributed by atoms with Gasteiger partial charge in [-0.2, -0.15) is 0 Å². The summed E-state index contributed by atoms with van der Waals surface area (Å²) in [6.45, 7) is 0. The van der Waals surface area contributed by atoms with Crippen LogP contribution in [0, 0.1) is 0 Å². The molecule has 5 heteroatoms. The molecule has 5 heavy (non-hydrogen) atoms. The van der Waals surface area contributed by atoms with E-state index in [1.54, 1.807) is 0 Å².